The highest BCUT2D eigenvalue weighted by atomic mass is 32.1. The fourth-order valence-corrected chi connectivity index (χ4v) is 3.52. The number of aromatic nitrogens is 3. The van der Waals surface area contributed by atoms with Gasteiger partial charge in [0.15, 0.2) is 5.13 Å². The third-order valence-corrected chi connectivity index (χ3v) is 4.93. The van der Waals surface area contributed by atoms with E-state index >= 15 is 0 Å². The number of nitrogen functional groups attached to an aromatic ring is 1. The zero-order chi connectivity index (χ0) is 18.8. The fourth-order valence-electron chi connectivity index (χ4n) is 2.47. The van der Waals surface area contributed by atoms with Crippen molar-refractivity contribution >= 4 is 39.7 Å². The second-order valence-corrected chi connectivity index (χ2v) is 6.70. The molecule has 26 heavy (non-hydrogen) atoms. The second-order valence-electron chi connectivity index (χ2n) is 5.73. The van der Waals surface area contributed by atoms with E-state index < -0.39 is 11.9 Å². The lowest BCUT2D eigenvalue weighted by Crippen LogP contribution is -2.39. The van der Waals surface area contributed by atoms with Crippen molar-refractivity contribution in [1.82, 2.24) is 14.8 Å². The number of hydrogen-bond acceptors (Lipinski definition) is 7. The zero-order valence-corrected chi connectivity index (χ0v) is 15.1. The van der Waals surface area contributed by atoms with Gasteiger partial charge in [-0.15, -0.1) is 0 Å². The van der Waals surface area contributed by atoms with Crippen LogP contribution in [0.1, 0.15) is 22.2 Å². The molecule has 0 fully saturated rings. The first kappa shape index (κ1) is 17.6. The topological polar surface area (TPSA) is 120 Å². The summed E-state index contributed by atoms with van der Waals surface area (Å²) in [5.74, 6) is -0.632. The summed E-state index contributed by atoms with van der Waals surface area (Å²) in [5.41, 5.74) is 12.6. The highest BCUT2D eigenvalue weighted by molar-refractivity contribution is 7.18. The van der Waals surface area contributed by atoms with Gasteiger partial charge in [0, 0.05) is 18.8 Å². The first-order valence-corrected chi connectivity index (χ1v) is 8.63. The maximum absolute atomic E-state index is 12.7. The molecule has 3 aromatic rings. The molecule has 0 spiro atoms. The summed E-state index contributed by atoms with van der Waals surface area (Å²) in [4.78, 5) is 30.7. The van der Waals surface area contributed by atoms with Crippen molar-refractivity contribution in [1.29, 1.82) is 0 Å². The Morgan fingerprint density at radius 1 is 1.27 bits per heavy atom. The van der Waals surface area contributed by atoms with Gasteiger partial charge in [0.05, 0.1) is 11.9 Å². The van der Waals surface area contributed by atoms with Crippen LogP contribution in [-0.4, -0.2) is 32.5 Å². The van der Waals surface area contributed by atoms with Gasteiger partial charge in [-0.05, 0) is 6.92 Å². The van der Waals surface area contributed by atoms with Crippen LogP contribution in [0.3, 0.4) is 0 Å². The zero-order valence-electron chi connectivity index (χ0n) is 14.3. The van der Waals surface area contributed by atoms with Gasteiger partial charge in [-0.2, -0.15) is 5.10 Å². The first-order chi connectivity index (χ1) is 12.4. The summed E-state index contributed by atoms with van der Waals surface area (Å²) in [6, 6.07) is 8.13. The molecule has 2 heterocycles. The number of rotatable bonds is 6. The monoisotopic (exact) mass is 370 g/mol. The van der Waals surface area contributed by atoms with E-state index in [2.05, 4.69) is 10.1 Å². The molecular formula is C17H18N6O2S. The van der Waals surface area contributed by atoms with Crippen LogP contribution in [0.2, 0.25) is 0 Å². The molecule has 0 saturated carbocycles. The molecule has 3 rings (SSSR count). The number of ketones is 1. The molecule has 2 aromatic heterocycles. The molecule has 0 radical (unpaired) electrons. The molecule has 0 bridgehead atoms. The van der Waals surface area contributed by atoms with Gasteiger partial charge in [0.1, 0.15) is 16.7 Å². The third-order valence-electron chi connectivity index (χ3n) is 3.86. The van der Waals surface area contributed by atoms with Gasteiger partial charge >= 0.3 is 0 Å². The van der Waals surface area contributed by atoms with Crippen LogP contribution in [0.25, 0.3) is 0 Å². The maximum Gasteiger partial charge on any atom is 0.240 e. The van der Waals surface area contributed by atoms with E-state index in [1.54, 1.807) is 60.2 Å². The van der Waals surface area contributed by atoms with E-state index in [0.29, 0.717) is 21.3 Å². The van der Waals surface area contributed by atoms with Crippen LogP contribution >= 0.6 is 11.3 Å². The minimum Gasteiger partial charge on any atom is -0.382 e. The third kappa shape index (κ3) is 3.29. The van der Waals surface area contributed by atoms with E-state index in [1.807, 2.05) is 6.07 Å². The Morgan fingerprint density at radius 3 is 2.54 bits per heavy atom. The van der Waals surface area contributed by atoms with Crippen LogP contribution in [0.4, 0.5) is 16.6 Å². The summed E-state index contributed by atoms with van der Waals surface area (Å²) < 4.78 is 1.60. The molecule has 8 nitrogen and oxygen atoms in total. The number of aryl methyl sites for hydroxylation is 1. The number of hydrogen-bond donors (Lipinski definition) is 2. The van der Waals surface area contributed by atoms with Crippen molar-refractivity contribution in [2.45, 2.75) is 13.0 Å². The number of thiazole rings is 1. The summed E-state index contributed by atoms with van der Waals surface area (Å²) in [7, 11) is 1.76. The first-order valence-electron chi connectivity index (χ1n) is 7.81. The minimum absolute atomic E-state index is 0.115. The Kier molecular flexibility index (Phi) is 4.72. The smallest absolute Gasteiger partial charge is 0.240 e. The van der Waals surface area contributed by atoms with Gasteiger partial charge in [0.2, 0.25) is 11.7 Å². The number of anilines is 3. The van der Waals surface area contributed by atoms with E-state index in [1.165, 1.54) is 0 Å². The molecule has 134 valence electrons. The predicted octanol–water partition coefficient (Wildman–Crippen LogP) is 1.70. The predicted molar refractivity (Wildman–Crippen MR) is 100 cm³/mol. The van der Waals surface area contributed by atoms with Crippen molar-refractivity contribution in [3.8, 4) is 0 Å². The lowest BCUT2D eigenvalue weighted by Gasteiger charge is -2.24. The van der Waals surface area contributed by atoms with Crippen LogP contribution in [0.5, 0.6) is 0 Å². The summed E-state index contributed by atoms with van der Waals surface area (Å²) in [6.07, 6.45) is 3.32. The van der Waals surface area contributed by atoms with Crippen LogP contribution < -0.4 is 16.4 Å². The largest absolute Gasteiger partial charge is 0.382 e. The number of nitrogens with zero attached hydrogens (tertiary/aromatic N) is 4. The number of benzene rings is 1. The van der Waals surface area contributed by atoms with Crippen LogP contribution in [-0.2, 0) is 11.8 Å². The second kappa shape index (κ2) is 6.96. The molecule has 1 atom stereocenters. The van der Waals surface area contributed by atoms with Crippen LogP contribution in [0, 0.1) is 0 Å². The average molecular weight is 370 g/mol. The van der Waals surface area contributed by atoms with Crippen molar-refractivity contribution in [3.05, 3.63) is 53.2 Å². The van der Waals surface area contributed by atoms with Crippen molar-refractivity contribution in [2.24, 2.45) is 12.8 Å². The SMILES string of the molecule is CC(C(N)=O)N(c1cnn(C)c1)c1nc(N)c(C(=O)c2ccccc2)s1. The van der Waals surface area contributed by atoms with Crippen LogP contribution in [0.15, 0.2) is 42.7 Å². The van der Waals surface area contributed by atoms with Gasteiger partial charge in [-0.3, -0.25) is 14.3 Å². The summed E-state index contributed by atoms with van der Waals surface area (Å²) in [5, 5.41) is 4.52. The molecule has 1 aromatic carbocycles. The molecule has 0 aliphatic heterocycles. The Labute approximate surface area is 154 Å². The molecule has 0 aliphatic carbocycles. The molecule has 0 aliphatic rings. The fraction of sp³-hybridized carbons (Fsp3) is 0.176. The van der Waals surface area contributed by atoms with Crippen molar-refractivity contribution in [3.63, 3.8) is 0 Å². The van der Waals surface area contributed by atoms with Gasteiger partial charge in [-0.1, -0.05) is 41.7 Å². The normalized spacial score (nSPS) is 11.9. The number of nitrogens with two attached hydrogens (primary N) is 2. The minimum atomic E-state index is -0.690. The molecule has 0 saturated heterocycles. The maximum atomic E-state index is 12.7. The Morgan fingerprint density at radius 2 is 1.96 bits per heavy atom. The van der Waals surface area contributed by atoms with Gasteiger partial charge < -0.3 is 16.4 Å². The van der Waals surface area contributed by atoms with E-state index in [0.717, 1.165) is 11.3 Å². The Bertz CT molecular complexity index is 949. The van der Waals surface area contributed by atoms with Crippen molar-refractivity contribution in [2.75, 3.05) is 10.6 Å². The lowest BCUT2D eigenvalue weighted by atomic mass is 10.1. The van der Waals surface area contributed by atoms with E-state index in [-0.39, 0.29) is 11.6 Å². The van der Waals surface area contributed by atoms with Gasteiger partial charge in [-0.25, -0.2) is 4.98 Å². The molecule has 4 N–H and O–H groups in total. The summed E-state index contributed by atoms with van der Waals surface area (Å²) in [6.45, 7) is 1.66. The average Bonchev–Trinajstić information content (AvgIpc) is 3.21. The number of carbonyl (C=O) groups excluding carboxylic acids is 2. The molecule has 1 amide bonds. The highest BCUT2D eigenvalue weighted by Crippen LogP contribution is 2.35. The number of primary amides is 1. The van der Waals surface area contributed by atoms with Crippen molar-refractivity contribution < 1.29 is 9.59 Å². The number of amides is 1. The quantitative estimate of drug-likeness (QED) is 0.637. The molecule has 9 heteroatoms. The van der Waals surface area contributed by atoms with Gasteiger partial charge in [0.25, 0.3) is 0 Å². The summed E-state index contributed by atoms with van der Waals surface area (Å²) >= 11 is 1.12. The van der Waals surface area contributed by atoms with E-state index in [4.69, 9.17) is 11.5 Å². The standard InChI is InChI=1S/C17H18N6O2S/c1-10(16(19)25)23(12-8-20-22(2)9-12)17-21-15(18)14(26-17)13(24)11-6-4-3-5-7-11/h3-10H,18H2,1-2H3,(H2,19,25). The highest BCUT2D eigenvalue weighted by Gasteiger charge is 2.28. The number of carbonyl (C=O) groups is 2. The molecular weight excluding hydrogens is 352 g/mol. The molecule has 1 unspecified atom stereocenters. The Balaban J connectivity index is 2.04. The lowest BCUT2D eigenvalue weighted by molar-refractivity contribution is -0.118. The van der Waals surface area contributed by atoms with E-state index in [9.17, 15) is 9.59 Å². The Hall–Kier alpha value is -3.20.